The Bertz CT molecular complexity index is 1080. The van der Waals surface area contributed by atoms with Gasteiger partial charge in [0.05, 0.1) is 6.54 Å². The molecule has 5 heteroatoms. The third-order valence-corrected chi connectivity index (χ3v) is 5.30. The molecule has 1 N–H and O–H groups in total. The summed E-state index contributed by atoms with van der Waals surface area (Å²) in [4.78, 5) is 1.70. The lowest BCUT2D eigenvalue weighted by Gasteiger charge is -2.18. The molecule has 0 bridgehead atoms. The maximum absolute atomic E-state index is 13.2. The molecule has 0 unspecified atom stereocenters. The van der Waals surface area contributed by atoms with E-state index in [9.17, 15) is 4.39 Å². The number of benzene rings is 3. The molecule has 0 radical (unpaired) electrons. The number of aromatic nitrogens is 3. The van der Waals surface area contributed by atoms with Gasteiger partial charge in [-0.2, -0.15) is 15.0 Å². The molecule has 1 atom stereocenters. The first-order valence-electron chi connectivity index (χ1n) is 10.7. The summed E-state index contributed by atoms with van der Waals surface area (Å²) in [5.41, 5.74) is 5.06. The lowest BCUT2D eigenvalue weighted by Crippen LogP contribution is -2.21. The summed E-state index contributed by atoms with van der Waals surface area (Å²) < 4.78 is 13.2. The molecule has 0 saturated carbocycles. The van der Waals surface area contributed by atoms with Crippen LogP contribution >= 0.6 is 0 Å². The molecule has 158 valence electrons. The van der Waals surface area contributed by atoms with E-state index in [0.29, 0.717) is 13.1 Å². The fourth-order valence-corrected chi connectivity index (χ4v) is 3.73. The first kappa shape index (κ1) is 20.9. The fraction of sp³-hybridized carbons (Fsp3) is 0.231. The average molecular weight is 415 g/mol. The van der Waals surface area contributed by atoms with E-state index in [-0.39, 0.29) is 11.9 Å². The second kappa shape index (κ2) is 10.1. The zero-order valence-electron chi connectivity index (χ0n) is 17.7. The van der Waals surface area contributed by atoms with Crippen molar-refractivity contribution < 1.29 is 4.39 Å². The molecule has 3 aromatic carbocycles. The van der Waals surface area contributed by atoms with E-state index >= 15 is 0 Å². The molecule has 0 spiro atoms. The van der Waals surface area contributed by atoms with Gasteiger partial charge >= 0.3 is 0 Å². The van der Waals surface area contributed by atoms with Crippen LogP contribution in [0.5, 0.6) is 0 Å². The van der Waals surface area contributed by atoms with Crippen molar-refractivity contribution in [2.75, 3.05) is 0 Å². The van der Waals surface area contributed by atoms with Crippen molar-refractivity contribution in [3.8, 4) is 11.3 Å². The number of nitrogens with zero attached hydrogens (tertiary/aromatic N) is 3. The Morgan fingerprint density at radius 2 is 1.55 bits per heavy atom. The molecule has 0 aliphatic carbocycles. The number of hydrogen-bond donors (Lipinski definition) is 1. The second-order valence-electron chi connectivity index (χ2n) is 7.65. The van der Waals surface area contributed by atoms with Gasteiger partial charge in [-0.05, 0) is 29.7 Å². The predicted octanol–water partition coefficient (Wildman–Crippen LogP) is 5.76. The van der Waals surface area contributed by atoms with Crippen molar-refractivity contribution in [3.63, 3.8) is 0 Å². The van der Waals surface area contributed by atoms with E-state index in [1.807, 2.05) is 24.3 Å². The largest absolute Gasteiger partial charge is 0.304 e. The zero-order valence-corrected chi connectivity index (χ0v) is 17.7. The van der Waals surface area contributed by atoms with E-state index in [1.165, 1.54) is 17.7 Å². The Balaban J connectivity index is 1.58. The highest BCUT2D eigenvalue weighted by Crippen LogP contribution is 2.23. The Morgan fingerprint density at radius 3 is 2.23 bits per heavy atom. The number of nitrogens with one attached hydrogen (secondary N) is 1. The summed E-state index contributed by atoms with van der Waals surface area (Å²) >= 11 is 0. The lowest BCUT2D eigenvalue weighted by molar-refractivity contribution is 0.485. The summed E-state index contributed by atoms with van der Waals surface area (Å²) in [5, 5.41) is 13.2. The van der Waals surface area contributed by atoms with Crippen LogP contribution < -0.4 is 5.32 Å². The normalized spacial score (nSPS) is 12.1. The molecular formula is C26H27FN4. The van der Waals surface area contributed by atoms with Gasteiger partial charge in [0.2, 0.25) is 0 Å². The molecule has 0 amide bonds. The van der Waals surface area contributed by atoms with Gasteiger partial charge in [-0.15, -0.1) is 0 Å². The highest BCUT2D eigenvalue weighted by atomic mass is 19.1. The van der Waals surface area contributed by atoms with Crippen LogP contribution in [0.25, 0.3) is 11.3 Å². The van der Waals surface area contributed by atoms with Crippen LogP contribution in [-0.2, 0) is 13.1 Å². The molecular weight excluding hydrogens is 387 g/mol. The molecule has 0 aliphatic heterocycles. The van der Waals surface area contributed by atoms with Gasteiger partial charge in [0.1, 0.15) is 17.2 Å². The average Bonchev–Trinajstić information content (AvgIpc) is 3.22. The Hall–Kier alpha value is -3.31. The Kier molecular flexibility index (Phi) is 6.85. The van der Waals surface area contributed by atoms with Crippen molar-refractivity contribution >= 4 is 0 Å². The zero-order chi connectivity index (χ0) is 21.5. The summed E-state index contributed by atoms with van der Waals surface area (Å²) in [6, 6.07) is 27.4. The van der Waals surface area contributed by atoms with Gasteiger partial charge in [-0.25, -0.2) is 4.39 Å². The van der Waals surface area contributed by atoms with Crippen LogP contribution in [0.3, 0.4) is 0 Å². The molecule has 31 heavy (non-hydrogen) atoms. The van der Waals surface area contributed by atoms with Crippen molar-refractivity contribution in [2.45, 2.75) is 38.9 Å². The third-order valence-electron chi connectivity index (χ3n) is 5.30. The molecule has 0 fully saturated rings. The summed E-state index contributed by atoms with van der Waals surface area (Å²) in [6.45, 7) is 3.32. The monoisotopic (exact) mass is 414 g/mol. The van der Waals surface area contributed by atoms with Crippen LogP contribution in [0.1, 0.15) is 42.6 Å². The van der Waals surface area contributed by atoms with Crippen molar-refractivity contribution in [3.05, 3.63) is 108 Å². The molecule has 1 heterocycles. The summed E-state index contributed by atoms with van der Waals surface area (Å²) in [7, 11) is 0. The first-order chi connectivity index (χ1) is 15.2. The second-order valence-corrected chi connectivity index (χ2v) is 7.65. The Labute approximate surface area is 182 Å². The number of rotatable bonds is 9. The highest BCUT2D eigenvalue weighted by Gasteiger charge is 2.16. The van der Waals surface area contributed by atoms with Gasteiger partial charge in [0.15, 0.2) is 0 Å². The highest BCUT2D eigenvalue weighted by molar-refractivity contribution is 5.60. The molecule has 4 aromatic rings. The van der Waals surface area contributed by atoms with Crippen LogP contribution in [0.4, 0.5) is 4.39 Å². The van der Waals surface area contributed by atoms with Gasteiger partial charge in [0.25, 0.3) is 0 Å². The summed E-state index contributed by atoms with van der Waals surface area (Å²) in [5.74, 6) is -0.241. The van der Waals surface area contributed by atoms with Crippen molar-refractivity contribution in [1.29, 1.82) is 0 Å². The van der Waals surface area contributed by atoms with Crippen molar-refractivity contribution in [2.24, 2.45) is 0 Å². The van der Waals surface area contributed by atoms with E-state index in [1.54, 1.807) is 16.9 Å². The molecule has 0 aliphatic rings. The predicted molar refractivity (Wildman–Crippen MR) is 122 cm³/mol. The van der Waals surface area contributed by atoms with Gasteiger partial charge < -0.3 is 5.32 Å². The minimum atomic E-state index is -0.241. The van der Waals surface area contributed by atoms with Crippen LogP contribution in [0.15, 0.2) is 84.9 Å². The van der Waals surface area contributed by atoms with Crippen LogP contribution in [0.2, 0.25) is 0 Å². The SMILES string of the molecule is CCC[C@@H](NCc1nn(Cc2ccc(F)cc2)nc1-c1ccccc1)c1ccccc1. The number of halogens is 1. The molecule has 0 saturated heterocycles. The minimum absolute atomic E-state index is 0.241. The topological polar surface area (TPSA) is 42.7 Å². The fourth-order valence-electron chi connectivity index (χ4n) is 3.73. The number of hydrogen-bond acceptors (Lipinski definition) is 3. The minimum Gasteiger partial charge on any atom is -0.304 e. The smallest absolute Gasteiger partial charge is 0.123 e. The van der Waals surface area contributed by atoms with Crippen molar-refractivity contribution in [1.82, 2.24) is 20.3 Å². The van der Waals surface area contributed by atoms with Crippen LogP contribution in [-0.4, -0.2) is 15.0 Å². The van der Waals surface area contributed by atoms with Gasteiger partial charge in [-0.3, -0.25) is 0 Å². The summed E-state index contributed by atoms with van der Waals surface area (Å²) in [6.07, 6.45) is 2.14. The first-order valence-corrected chi connectivity index (χ1v) is 10.7. The Morgan fingerprint density at radius 1 is 0.871 bits per heavy atom. The standard InChI is InChI=1S/C26H27FN4/c1-2-9-24(21-10-5-3-6-11-21)28-18-25-26(22-12-7-4-8-13-22)30-31(29-25)19-20-14-16-23(27)17-15-20/h3-8,10-17,24,28H,2,9,18-19H2,1H3/t24-/m1/s1. The quantitative estimate of drug-likeness (QED) is 0.378. The van der Waals surface area contributed by atoms with Crippen LogP contribution in [0, 0.1) is 5.82 Å². The molecule has 4 rings (SSSR count). The third kappa shape index (κ3) is 5.44. The maximum Gasteiger partial charge on any atom is 0.123 e. The van der Waals surface area contributed by atoms with E-state index in [0.717, 1.165) is 35.4 Å². The maximum atomic E-state index is 13.2. The van der Waals surface area contributed by atoms with E-state index in [2.05, 4.69) is 48.6 Å². The van der Waals surface area contributed by atoms with Gasteiger partial charge in [-0.1, -0.05) is 86.1 Å². The van der Waals surface area contributed by atoms with E-state index in [4.69, 9.17) is 10.2 Å². The lowest BCUT2D eigenvalue weighted by atomic mass is 10.0. The van der Waals surface area contributed by atoms with E-state index < -0.39 is 0 Å². The van der Waals surface area contributed by atoms with Gasteiger partial charge in [0, 0.05) is 18.2 Å². The molecule has 4 nitrogen and oxygen atoms in total. The molecule has 1 aromatic heterocycles.